The van der Waals surface area contributed by atoms with Gasteiger partial charge in [-0.15, -0.1) is 0 Å². The van der Waals surface area contributed by atoms with Gasteiger partial charge in [0, 0.05) is 18.3 Å². The number of fused-ring (bicyclic) bond motifs is 3. The van der Waals surface area contributed by atoms with E-state index in [2.05, 4.69) is 12.1 Å². The number of carbonyl (C=O) groups is 1. The van der Waals surface area contributed by atoms with E-state index in [4.69, 9.17) is 4.74 Å². The lowest BCUT2D eigenvalue weighted by atomic mass is 9.62. The van der Waals surface area contributed by atoms with Crippen molar-refractivity contribution in [2.24, 2.45) is 5.92 Å². The molecule has 0 aliphatic heterocycles. The molecule has 0 N–H and O–H groups in total. The van der Waals surface area contributed by atoms with Crippen LogP contribution in [0.4, 0.5) is 0 Å². The quantitative estimate of drug-likeness (QED) is 0.698. The van der Waals surface area contributed by atoms with E-state index in [9.17, 15) is 4.79 Å². The fourth-order valence-corrected chi connectivity index (χ4v) is 2.86. The number of benzene rings is 1. The second-order valence-corrected chi connectivity index (χ2v) is 4.49. The van der Waals surface area contributed by atoms with E-state index >= 15 is 0 Å². The van der Waals surface area contributed by atoms with Gasteiger partial charge in [-0.05, 0) is 36.1 Å². The maximum atomic E-state index is 11.4. The summed E-state index contributed by atoms with van der Waals surface area (Å²) in [4.78, 5) is 11.4. The maximum Gasteiger partial charge on any atom is 0.137 e. The highest BCUT2D eigenvalue weighted by atomic mass is 16.5. The lowest BCUT2D eigenvalue weighted by Crippen LogP contribution is -2.38. The summed E-state index contributed by atoms with van der Waals surface area (Å²) >= 11 is 0. The molecule has 0 saturated heterocycles. The SMILES string of the molecule is COc1ccc2c(c1)CCC1C(=O)CC21. The summed E-state index contributed by atoms with van der Waals surface area (Å²) in [6, 6.07) is 6.26. The van der Waals surface area contributed by atoms with Crippen LogP contribution in [0, 0.1) is 5.92 Å². The molecule has 2 aliphatic carbocycles. The number of rotatable bonds is 1. The number of methoxy groups -OCH3 is 1. The molecule has 0 radical (unpaired) electrons. The average Bonchev–Trinajstić information content (AvgIpc) is 2.26. The van der Waals surface area contributed by atoms with Gasteiger partial charge in [0.25, 0.3) is 0 Å². The molecule has 0 amide bonds. The van der Waals surface area contributed by atoms with Gasteiger partial charge in [0.05, 0.1) is 7.11 Å². The van der Waals surface area contributed by atoms with Gasteiger partial charge in [-0.25, -0.2) is 0 Å². The first-order valence-corrected chi connectivity index (χ1v) is 5.49. The van der Waals surface area contributed by atoms with Crippen molar-refractivity contribution >= 4 is 5.78 Å². The van der Waals surface area contributed by atoms with Crippen molar-refractivity contribution in [2.45, 2.75) is 25.2 Å². The molecule has 15 heavy (non-hydrogen) atoms. The summed E-state index contributed by atoms with van der Waals surface area (Å²) in [6.45, 7) is 0. The van der Waals surface area contributed by atoms with E-state index < -0.39 is 0 Å². The second-order valence-electron chi connectivity index (χ2n) is 4.49. The molecule has 1 fully saturated rings. The molecule has 1 aromatic rings. The highest BCUT2D eigenvalue weighted by Crippen LogP contribution is 2.47. The number of ether oxygens (including phenoxy) is 1. The lowest BCUT2D eigenvalue weighted by molar-refractivity contribution is -0.131. The fourth-order valence-electron chi connectivity index (χ4n) is 2.86. The molecule has 2 aliphatic rings. The minimum atomic E-state index is 0.325. The highest BCUT2D eigenvalue weighted by molar-refractivity contribution is 5.90. The number of hydrogen-bond donors (Lipinski definition) is 0. The van der Waals surface area contributed by atoms with Gasteiger partial charge < -0.3 is 4.74 Å². The Hall–Kier alpha value is -1.31. The Labute approximate surface area is 89.2 Å². The summed E-state index contributed by atoms with van der Waals surface area (Å²) < 4.78 is 5.21. The normalized spacial score (nSPS) is 27.7. The Bertz CT molecular complexity index is 423. The van der Waals surface area contributed by atoms with Crippen LogP contribution in [0.3, 0.4) is 0 Å². The smallest absolute Gasteiger partial charge is 0.137 e. The Morgan fingerprint density at radius 3 is 2.93 bits per heavy atom. The van der Waals surface area contributed by atoms with Crippen LogP contribution < -0.4 is 4.74 Å². The third-order valence-electron chi connectivity index (χ3n) is 3.79. The first-order valence-electron chi connectivity index (χ1n) is 5.49. The van der Waals surface area contributed by atoms with Crippen LogP contribution in [-0.2, 0) is 11.2 Å². The van der Waals surface area contributed by atoms with E-state index in [-0.39, 0.29) is 0 Å². The maximum absolute atomic E-state index is 11.4. The number of carbonyl (C=O) groups excluding carboxylic acids is 1. The zero-order chi connectivity index (χ0) is 10.4. The standard InChI is InChI=1S/C13H14O2/c1-15-9-3-5-10-8(6-9)2-4-11-12(10)7-13(11)14/h3,5-6,11-12H,2,4,7H2,1H3. The van der Waals surface area contributed by atoms with Crippen LogP contribution in [0.15, 0.2) is 18.2 Å². The van der Waals surface area contributed by atoms with E-state index in [1.165, 1.54) is 11.1 Å². The van der Waals surface area contributed by atoms with Gasteiger partial charge in [0.1, 0.15) is 11.5 Å². The van der Waals surface area contributed by atoms with Crippen molar-refractivity contribution in [1.82, 2.24) is 0 Å². The lowest BCUT2D eigenvalue weighted by Gasteiger charge is -2.40. The number of aryl methyl sites for hydroxylation is 1. The largest absolute Gasteiger partial charge is 0.497 e. The van der Waals surface area contributed by atoms with Crippen molar-refractivity contribution in [3.63, 3.8) is 0 Å². The van der Waals surface area contributed by atoms with Crippen LogP contribution >= 0.6 is 0 Å². The monoisotopic (exact) mass is 202 g/mol. The zero-order valence-corrected chi connectivity index (χ0v) is 8.82. The van der Waals surface area contributed by atoms with E-state index in [0.717, 1.165) is 25.0 Å². The third kappa shape index (κ3) is 1.21. The molecule has 0 spiro atoms. The van der Waals surface area contributed by atoms with Crippen LogP contribution in [0.1, 0.15) is 29.9 Å². The molecular weight excluding hydrogens is 188 g/mol. The van der Waals surface area contributed by atoms with Crippen LogP contribution in [0.5, 0.6) is 5.75 Å². The Balaban J connectivity index is 1.99. The van der Waals surface area contributed by atoms with Crippen molar-refractivity contribution < 1.29 is 9.53 Å². The summed E-state index contributed by atoms with van der Waals surface area (Å²) in [5, 5.41) is 0. The molecule has 0 aromatic heterocycles. The molecule has 1 aromatic carbocycles. The Kier molecular flexibility index (Phi) is 1.84. The predicted molar refractivity (Wildman–Crippen MR) is 57.2 cm³/mol. The van der Waals surface area contributed by atoms with Crippen LogP contribution in [0.25, 0.3) is 0 Å². The Morgan fingerprint density at radius 2 is 2.20 bits per heavy atom. The molecular formula is C13H14O2. The molecule has 78 valence electrons. The highest BCUT2D eigenvalue weighted by Gasteiger charge is 2.43. The average molecular weight is 202 g/mol. The molecule has 2 nitrogen and oxygen atoms in total. The molecule has 3 rings (SSSR count). The van der Waals surface area contributed by atoms with Crippen molar-refractivity contribution in [2.75, 3.05) is 7.11 Å². The van der Waals surface area contributed by atoms with E-state index in [1.54, 1.807) is 7.11 Å². The van der Waals surface area contributed by atoms with Gasteiger partial charge in [-0.2, -0.15) is 0 Å². The first-order chi connectivity index (χ1) is 7.29. The minimum Gasteiger partial charge on any atom is -0.497 e. The molecule has 2 atom stereocenters. The van der Waals surface area contributed by atoms with Crippen LogP contribution in [0.2, 0.25) is 0 Å². The van der Waals surface area contributed by atoms with Gasteiger partial charge in [-0.3, -0.25) is 4.79 Å². The molecule has 2 heteroatoms. The van der Waals surface area contributed by atoms with Gasteiger partial charge in [0.2, 0.25) is 0 Å². The second kappa shape index (κ2) is 3.09. The number of hydrogen-bond acceptors (Lipinski definition) is 2. The van der Waals surface area contributed by atoms with Crippen LogP contribution in [-0.4, -0.2) is 12.9 Å². The minimum absolute atomic E-state index is 0.325. The topological polar surface area (TPSA) is 26.3 Å². The summed E-state index contributed by atoms with van der Waals surface area (Å²) in [5.74, 6) is 2.22. The third-order valence-corrected chi connectivity index (χ3v) is 3.79. The molecule has 2 unspecified atom stereocenters. The van der Waals surface area contributed by atoms with Crippen molar-refractivity contribution in [1.29, 1.82) is 0 Å². The fraction of sp³-hybridized carbons (Fsp3) is 0.462. The number of Topliss-reactive ketones (excluding diaryl/α,β-unsaturated/α-hetero) is 1. The van der Waals surface area contributed by atoms with Gasteiger partial charge in [0.15, 0.2) is 0 Å². The molecule has 1 saturated carbocycles. The van der Waals surface area contributed by atoms with Gasteiger partial charge in [-0.1, -0.05) is 6.07 Å². The van der Waals surface area contributed by atoms with E-state index in [0.29, 0.717) is 17.6 Å². The predicted octanol–water partition coefficient (Wildman–Crippen LogP) is 2.31. The van der Waals surface area contributed by atoms with E-state index in [1.807, 2.05) is 6.07 Å². The number of ketones is 1. The van der Waals surface area contributed by atoms with Gasteiger partial charge >= 0.3 is 0 Å². The first kappa shape index (κ1) is 8.96. The Morgan fingerprint density at radius 1 is 1.33 bits per heavy atom. The molecule has 0 bridgehead atoms. The van der Waals surface area contributed by atoms with Crippen molar-refractivity contribution in [3.8, 4) is 5.75 Å². The zero-order valence-electron chi connectivity index (χ0n) is 8.82. The molecule has 0 heterocycles. The summed E-state index contributed by atoms with van der Waals surface area (Å²) in [5.41, 5.74) is 2.76. The van der Waals surface area contributed by atoms with Crippen molar-refractivity contribution in [3.05, 3.63) is 29.3 Å². The summed E-state index contributed by atoms with van der Waals surface area (Å²) in [6.07, 6.45) is 2.81. The summed E-state index contributed by atoms with van der Waals surface area (Å²) in [7, 11) is 1.69.